The smallest absolute Gasteiger partial charge is 0.311 e. The number of pyridine rings is 1. The van der Waals surface area contributed by atoms with Gasteiger partial charge in [-0.2, -0.15) is 0 Å². The van der Waals surface area contributed by atoms with Gasteiger partial charge in [0.15, 0.2) is 0 Å². The molecule has 7 nitrogen and oxygen atoms in total. The Morgan fingerprint density at radius 3 is 2.33 bits per heavy atom. The number of nitro groups is 1. The first-order chi connectivity index (χ1) is 14.6. The maximum atomic E-state index is 11.3. The molecule has 0 saturated carbocycles. The van der Waals surface area contributed by atoms with Crippen LogP contribution >= 0.6 is 0 Å². The summed E-state index contributed by atoms with van der Waals surface area (Å²) in [6.07, 6.45) is 11.9. The van der Waals surface area contributed by atoms with Crippen molar-refractivity contribution in [1.82, 2.24) is 4.98 Å². The lowest BCUT2D eigenvalue weighted by Gasteiger charge is -2.10. The highest BCUT2D eigenvalue weighted by Crippen LogP contribution is 2.31. The standard InChI is InChI=1S/C23H33N3O4/c1-2-30-22(27)16-10-8-6-4-3-5-7-9-13-17-24-23-19-14-11-12-15-20(19)25-18-21(23)26(28)29/h11-12,14-15,18H,2-10,13,16-17H2,1H3,(H,24,25). The number of hydrogen-bond acceptors (Lipinski definition) is 6. The number of nitrogens with one attached hydrogen (secondary N) is 1. The van der Waals surface area contributed by atoms with E-state index in [9.17, 15) is 14.9 Å². The molecule has 0 radical (unpaired) electrons. The highest BCUT2D eigenvalue weighted by Gasteiger charge is 2.17. The van der Waals surface area contributed by atoms with E-state index in [1.54, 1.807) is 0 Å². The first-order valence-electron chi connectivity index (χ1n) is 11.0. The van der Waals surface area contributed by atoms with Gasteiger partial charge in [0.05, 0.1) is 17.0 Å². The van der Waals surface area contributed by atoms with Crippen LogP contribution < -0.4 is 5.32 Å². The fraction of sp³-hybridized carbons (Fsp3) is 0.565. The van der Waals surface area contributed by atoms with Crippen molar-refractivity contribution in [3.63, 3.8) is 0 Å². The number of rotatable bonds is 15. The molecule has 0 atom stereocenters. The van der Waals surface area contributed by atoms with Crippen molar-refractivity contribution in [2.24, 2.45) is 0 Å². The molecule has 0 aliphatic carbocycles. The summed E-state index contributed by atoms with van der Waals surface area (Å²) in [4.78, 5) is 26.4. The quantitative estimate of drug-likeness (QED) is 0.165. The molecule has 2 aromatic rings. The molecule has 0 aliphatic rings. The largest absolute Gasteiger partial charge is 0.466 e. The van der Waals surface area contributed by atoms with Crippen LogP contribution in [0.4, 0.5) is 11.4 Å². The fourth-order valence-electron chi connectivity index (χ4n) is 3.53. The number of benzene rings is 1. The van der Waals surface area contributed by atoms with Gasteiger partial charge in [0.2, 0.25) is 0 Å². The Balaban J connectivity index is 1.58. The van der Waals surface area contributed by atoms with Gasteiger partial charge in [-0.15, -0.1) is 0 Å². The predicted molar refractivity (Wildman–Crippen MR) is 120 cm³/mol. The minimum Gasteiger partial charge on any atom is -0.466 e. The van der Waals surface area contributed by atoms with Crippen molar-refractivity contribution in [3.05, 3.63) is 40.6 Å². The maximum Gasteiger partial charge on any atom is 0.311 e. The molecule has 1 aromatic carbocycles. The number of anilines is 1. The highest BCUT2D eigenvalue weighted by molar-refractivity contribution is 5.95. The summed E-state index contributed by atoms with van der Waals surface area (Å²) in [7, 11) is 0. The van der Waals surface area contributed by atoms with Crippen LogP contribution in [0.5, 0.6) is 0 Å². The van der Waals surface area contributed by atoms with Crippen LogP contribution in [0.2, 0.25) is 0 Å². The van der Waals surface area contributed by atoms with E-state index in [4.69, 9.17) is 4.74 Å². The third kappa shape index (κ3) is 7.97. The van der Waals surface area contributed by atoms with Crippen molar-refractivity contribution in [2.75, 3.05) is 18.5 Å². The molecule has 164 valence electrons. The summed E-state index contributed by atoms with van der Waals surface area (Å²) < 4.78 is 4.92. The molecule has 0 aliphatic heterocycles. The molecule has 30 heavy (non-hydrogen) atoms. The molecular weight excluding hydrogens is 382 g/mol. The Kier molecular flexibility index (Phi) is 10.6. The Morgan fingerprint density at radius 1 is 1.03 bits per heavy atom. The summed E-state index contributed by atoms with van der Waals surface area (Å²) in [6.45, 7) is 3.01. The number of unbranched alkanes of at least 4 members (excludes halogenated alkanes) is 8. The minimum atomic E-state index is -0.380. The Hall–Kier alpha value is -2.70. The fourth-order valence-corrected chi connectivity index (χ4v) is 3.53. The van der Waals surface area contributed by atoms with Gasteiger partial charge < -0.3 is 10.1 Å². The average Bonchev–Trinajstić information content (AvgIpc) is 2.74. The molecule has 0 unspecified atom stereocenters. The predicted octanol–water partition coefficient (Wildman–Crippen LogP) is 6.02. The number of para-hydroxylation sites is 1. The number of ether oxygens (including phenoxy) is 1. The Bertz CT molecular complexity index is 810. The summed E-state index contributed by atoms with van der Waals surface area (Å²) in [5.74, 6) is -0.0868. The first-order valence-corrected chi connectivity index (χ1v) is 11.0. The van der Waals surface area contributed by atoms with Crippen LogP contribution in [0.25, 0.3) is 10.9 Å². The van der Waals surface area contributed by atoms with Crippen molar-refractivity contribution in [2.45, 2.75) is 71.1 Å². The van der Waals surface area contributed by atoms with Crippen LogP contribution in [0.15, 0.2) is 30.5 Å². The molecule has 2 rings (SSSR count). The van der Waals surface area contributed by atoms with E-state index in [1.165, 1.54) is 38.3 Å². The number of nitrogens with zero attached hydrogens (tertiary/aromatic N) is 2. The van der Waals surface area contributed by atoms with E-state index in [2.05, 4.69) is 10.3 Å². The van der Waals surface area contributed by atoms with Gasteiger partial charge in [-0.1, -0.05) is 63.1 Å². The first kappa shape index (κ1) is 23.6. The number of fused-ring (bicyclic) bond motifs is 1. The maximum absolute atomic E-state index is 11.3. The van der Waals surface area contributed by atoms with Gasteiger partial charge in [-0.3, -0.25) is 14.9 Å². The van der Waals surface area contributed by atoms with Gasteiger partial charge in [-0.05, 0) is 25.8 Å². The molecule has 0 amide bonds. The second-order valence-electron chi connectivity index (χ2n) is 7.46. The Morgan fingerprint density at radius 2 is 1.67 bits per heavy atom. The molecule has 7 heteroatoms. The van der Waals surface area contributed by atoms with E-state index in [0.29, 0.717) is 25.3 Å². The molecule has 0 bridgehead atoms. The molecule has 1 N–H and O–H groups in total. The van der Waals surface area contributed by atoms with Crippen LogP contribution in [0, 0.1) is 10.1 Å². The van der Waals surface area contributed by atoms with Crippen LogP contribution in [0.3, 0.4) is 0 Å². The van der Waals surface area contributed by atoms with Gasteiger partial charge in [0.25, 0.3) is 0 Å². The lowest BCUT2D eigenvalue weighted by Crippen LogP contribution is -2.05. The van der Waals surface area contributed by atoms with Gasteiger partial charge in [-0.25, -0.2) is 4.98 Å². The van der Waals surface area contributed by atoms with E-state index in [0.717, 1.165) is 36.6 Å². The summed E-state index contributed by atoms with van der Waals surface area (Å²) in [6, 6.07) is 7.48. The van der Waals surface area contributed by atoms with Crippen molar-refractivity contribution in [1.29, 1.82) is 0 Å². The van der Waals surface area contributed by atoms with Crippen molar-refractivity contribution >= 4 is 28.2 Å². The molecular formula is C23H33N3O4. The van der Waals surface area contributed by atoms with Gasteiger partial charge in [0.1, 0.15) is 11.9 Å². The van der Waals surface area contributed by atoms with Gasteiger partial charge >= 0.3 is 11.7 Å². The zero-order chi connectivity index (χ0) is 21.6. The number of carbonyl (C=O) groups excluding carboxylic acids is 1. The highest BCUT2D eigenvalue weighted by atomic mass is 16.6. The molecule has 1 aromatic heterocycles. The van der Waals surface area contributed by atoms with E-state index in [1.807, 2.05) is 31.2 Å². The lowest BCUT2D eigenvalue weighted by atomic mass is 10.1. The topological polar surface area (TPSA) is 94.4 Å². The van der Waals surface area contributed by atoms with E-state index in [-0.39, 0.29) is 16.6 Å². The van der Waals surface area contributed by atoms with Crippen LogP contribution in [0.1, 0.15) is 71.1 Å². The zero-order valence-electron chi connectivity index (χ0n) is 17.9. The normalized spacial score (nSPS) is 10.8. The third-order valence-electron chi connectivity index (χ3n) is 5.12. The average molecular weight is 416 g/mol. The van der Waals surface area contributed by atoms with Crippen LogP contribution in [-0.2, 0) is 9.53 Å². The number of esters is 1. The summed E-state index contributed by atoms with van der Waals surface area (Å²) in [5.41, 5.74) is 1.35. The van der Waals surface area contributed by atoms with Gasteiger partial charge in [0, 0.05) is 18.4 Å². The molecule has 0 fully saturated rings. The van der Waals surface area contributed by atoms with Crippen LogP contribution in [-0.4, -0.2) is 29.0 Å². The number of aromatic nitrogens is 1. The zero-order valence-corrected chi connectivity index (χ0v) is 17.9. The minimum absolute atomic E-state index is 0.0247. The second-order valence-corrected chi connectivity index (χ2v) is 7.46. The van der Waals surface area contributed by atoms with Crippen molar-refractivity contribution < 1.29 is 14.5 Å². The SMILES string of the molecule is CCOC(=O)CCCCCCCCCCCNc1c([N+](=O)[O-])cnc2ccccc12. The van der Waals surface area contributed by atoms with Crippen molar-refractivity contribution in [3.8, 4) is 0 Å². The molecule has 0 saturated heterocycles. The lowest BCUT2D eigenvalue weighted by molar-refractivity contribution is -0.384. The summed E-state index contributed by atoms with van der Waals surface area (Å²) >= 11 is 0. The molecule has 1 heterocycles. The van der Waals surface area contributed by atoms with E-state index >= 15 is 0 Å². The van der Waals surface area contributed by atoms with E-state index < -0.39 is 0 Å². The summed E-state index contributed by atoms with van der Waals surface area (Å²) in [5, 5.41) is 15.4. The third-order valence-corrected chi connectivity index (χ3v) is 5.12. The number of carbonyl (C=O) groups is 1. The monoisotopic (exact) mass is 415 g/mol. The number of hydrogen-bond donors (Lipinski definition) is 1. The second kappa shape index (κ2) is 13.5. The molecule has 0 spiro atoms. The Labute approximate surface area is 178 Å².